The van der Waals surface area contributed by atoms with Crippen molar-refractivity contribution in [2.45, 2.75) is 30.6 Å². The van der Waals surface area contributed by atoms with Gasteiger partial charge in [-0.2, -0.15) is 25.3 Å². The zero-order valence-corrected chi connectivity index (χ0v) is 21.3. The first-order valence-corrected chi connectivity index (χ1v) is 15.2. The van der Waals surface area contributed by atoms with Crippen molar-refractivity contribution >= 4 is 42.2 Å². The van der Waals surface area contributed by atoms with E-state index in [9.17, 15) is 34.8 Å². The molecular formula is C18H23NO13S3. The number of hydrogen-bond donors (Lipinski definition) is 0. The second kappa shape index (κ2) is 9.81. The first kappa shape index (κ1) is 27.6. The smallest absolute Gasteiger partial charge is 0.264 e. The number of carbonyl (C=O) groups is 2. The van der Waals surface area contributed by atoms with Gasteiger partial charge in [-0.05, 0) is 12.1 Å². The summed E-state index contributed by atoms with van der Waals surface area (Å²) in [6.45, 7) is -0.822. The summed E-state index contributed by atoms with van der Waals surface area (Å²) in [6.07, 6.45) is -4.90. The Balaban J connectivity index is 2.14. The minimum atomic E-state index is -4.37. The van der Waals surface area contributed by atoms with Crippen LogP contribution in [0.3, 0.4) is 0 Å². The van der Waals surface area contributed by atoms with Crippen molar-refractivity contribution in [3.05, 3.63) is 35.4 Å². The number of fused-ring (bicyclic) bond motifs is 1. The Morgan fingerprint density at radius 3 is 1.74 bits per heavy atom. The molecule has 2 aliphatic heterocycles. The molecule has 0 radical (unpaired) electrons. The minimum absolute atomic E-state index is 0.00794. The molecule has 17 heteroatoms. The van der Waals surface area contributed by atoms with Crippen LogP contribution in [0.25, 0.3) is 0 Å². The monoisotopic (exact) mass is 557 g/mol. The molecule has 0 saturated carbocycles. The number of nitrogens with zero attached hydrogens (tertiary/aromatic N) is 1. The lowest BCUT2D eigenvalue weighted by atomic mass is 9.95. The van der Waals surface area contributed by atoms with Crippen molar-refractivity contribution in [3.63, 3.8) is 0 Å². The number of carbonyl (C=O) groups excluding carboxylic acids is 2. The number of rotatable bonds is 9. The van der Waals surface area contributed by atoms with Crippen LogP contribution in [-0.4, -0.2) is 105 Å². The first-order valence-electron chi connectivity index (χ1n) is 9.78. The highest BCUT2D eigenvalue weighted by molar-refractivity contribution is 7.86. The van der Waals surface area contributed by atoms with Crippen molar-refractivity contribution in [3.8, 4) is 0 Å². The maximum Gasteiger partial charge on any atom is 0.264 e. The van der Waals surface area contributed by atoms with Crippen molar-refractivity contribution in [1.29, 1.82) is 0 Å². The van der Waals surface area contributed by atoms with Gasteiger partial charge in [0.15, 0.2) is 6.29 Å². The summed E-state index contributed by atoms with van der Waals surface area (Å²) in [4.78, 5) is 26.9. The van der Waals surface area contributed by atoms with E-state index in [1.807, 2.05) is 0 Å². The van der Waals surface area contributed by atoms with E-state index in [0.717, 1.165) is 13.4 Å². The molecule has 1 fully saturated rings. The van der Waals surface area contributed by atoms with Gasteiger partial charge in [0.1, 0.15) is 24.4 Å². The van der Waals surface area contributed by atoms with Gasteiger partial charge in [0.2, 0.25) is 0 Å². The number of methoxy groups -OCH3 is 1. The summed E-state index contributed by atoms with van der Waals surface area (Å²) in [5.74, 6) is -1.68. The zero-order valence-electron chi connectivity index (χ0n) is 18.9. The van der Waals surface area contributed by atoms with E-state index in [0.29, 0.717) is 17.4 Å². The van der Waals surface area contributed by atoms with Gasteiger partial charge in [0.25, 0.3) is 42.2 Å². The lowest BCUT2D eigenvalue weighted by Crippen LogP contribution is -2.67. The highest BCUT2D eigenvalue weighted by atomic mass is 32.2. The van der Waals surface area contributed by atoms with E-state index in [2.05, 4.69) is 0 Å². The van der Waals surface area contributed by atoms with E-state index < -0.39 is 79.4 Å². The predicted molar refractivity (Wildman–Crippen MR) is 117 cm³/mol. The second-order valence-electron chi connectivity index (χ2n) is 7.81. The van der Waals surface area contributed by atoms with E-state index in [1.165, 1.54) is 24.3 Å². The average Bonchev–Trinajstić information content (AvgIpc) is 2.96. The molecular weight excluding hydrogens is 534 g/mol. The summed E-state index contributed by atoms with van der Waals surface area (Å²) < 4.78 is 97.1. The molecule has 5 atom stereocenters. The topological polar surface area (TPSA) is 186 Å². The number of ether oxygens (including phenoxy) is 2. The quantitative estimate of drug-likeness (QED) is 0.257. The molecule has 1 aromatic rings. The molecule has 1 aromatic carbocycles. The summed E-state index contributed by atoms with van der Waals surface area (Å²) in [5, 5.41) is 0. The van der Waals surface area contributed by atoms with Crippen LogP contribution in [-0.2, 0) is 52.4 Å². The Labute approximate surface area is 202 Å². The number of imide groups is 1. The molecule has 1 saturated heterocycles. The predicted octanol–water partition coefficient (Wildman–Crippen LogP) is -1.31. The van der Waals surface area contributed by atoms with Crippen LogP contribution in [0.5, 0.6) is 0 Å². The van der Waals surface area contributed by atoms with E-state index in [-0.39, 0.29) is 11.1 Å². The number of hydrogen-bond acceptors (Lipinski definition) is 13. The Hall–Kier alpha value is -1.99. The summed E-state index contributed by atoms with van der Waals surface area (Å²) >= 11 is 0. The third kappa shape index (κ3) is 6.42. The van der Waals surface area contributed by atoms with Gasteiger partial charge < -0.3 is 9.47 Å². The van der Waals surface area contributed by atoms with E-state index in [4.69, 9.17) is 22.0 Å². The Morgan fingerprint density at radius 1 is 0.829 bits per heavy atom. The molecule has 2 aliphatic rings. The molecule has 0 unspecified atom stereocenters. The van der Waals surface area contributed by atoms with Gasteiger partial charge in [0.05, 0.1) is 36.5 Å². The van der Waals surface area contributed by atoms with Crippen LogP contribution in [0, 0.1) is 0 Å². The highest BCUT2D eigenvalue weighted by Gasteiger charge is 2.57. The molecule has 2 amide bonds. The lowest BCUT2D eigenvalue weighted by molar-refractivity contribution is -0.260. The molecule has 14 nitrogen and oxygen atoms in total. The third-order valence-electron chi connectivity index (χ3n) is 4.99. The maximum absolute atomic E-state index is 13.1. The van der Waals surface area contributed by atoms with E-state index in [1.54, 1.807) is 0 Å². The first-order chi connectivity index (χ1) is 16.0. The SMILES string of the molecule is CO[C@@H]1O[C@H](COS(C)(=O)=O)[C@@H](OS(C)(=O)=O)[C@H](OS(C)(=O)=O)[C@H]1N1C(=O)c2ccccc2C1=O. The third-order valence-corrected chi connectivity index (χ3v) is 6.70. The van der Waals surface area contributed by atoms with Gasteiger partial charge in [-0.1, -0.05) is 12.1 Å². The normalized spacial score (nSPS) is 27.8. The van der Waals surface area contributed by atoms with Crippen LogP contribution in [0.1, 0.15) is 20.7 Å². The van der Waals surface area contributed by atoms with Crippen molar-refractivity contribution in [2.75, 3.05) is 32.5 Å². The Kier molecular flexibility index (Phi) is 7.74. The molecule has 0 N–H and O–H groups in total. The van der Waals surface area contributed by atoms with Crippen LogP contribution < -0.4 is 0 Å². The molecule has 0 aromatic heterocycles. The fraction of sp³-hybridized carbons (Fsp3) is 0.556. The molecule has 0 aliphatic carbocycles. The molecule has 35 heavy (non-hydrogen) atoms. The Morgan fingerprint density at radius 2 is 1.31 bits per heavy atom. The standard InChI is InChI=1S/C18H23NO13S3/c1-28-18-13(19-16(20)10-7-5-6-8-11(10)17(19)21)15(32-35(4,26)27)14(31-34(3,24)25)12(30-18)9-29-33(2,22)23/h5-8,12-15,18H,9H2,1-4H3/t12-,13-,14-,15-,18-/m1/s1. The molecule has 0 spiro atoms. The number of benzene rings is 1. The van der Waals surface area contributed by atoms with Gasteiger partial charge in [-0.3, -0.25) is 27.0 Å². The fourth-order valence-corrected chi connectivity index (χ4v) is 5.44. The lowest BCUT2D eigenvalue weighted by Gasteiger charge is -2.46. The minimum Gasteiger partial charge on any atom is -0.354 e. The second-order valence-corrected chi connectivity index (χ2v) is 12.7. The molecule has 196 valence electrons. The summed E-state index contributed by atoms with van der Waals surface area (Å²) in [7, 11) is -11.7. The highest BCUT2D eigenvalue weighted by Crippen LogP contribution is 2.36. The summed E-state index contributed by atoms with van der Waals surface area (Å²) in [5.41, 5.74) is 0.0159. The van der Waals surface area contributed by atoms with Gasteiger partial charge in [-0.25, -0.2) is 0 Å². The van der Waals surface area contributed by atoms with Crippen LogP contribution >= 0.6 is 0 Å². The van der Waals surface area contributed by atoms with Crippen molar-refractivity contribution in [2.24, 2.45) is 0 Å². The number of amides is 2. The summed E-state index contributed by atoms with van der Waals surface area (Å²) in [6, 6.07) is 4.11. The Bertz CT molecular complexity index is 1290. The average molecular weight is 558 g/mol. The van der Waals surface area contributed by atoms with Crippen LogP contribution in [0.4, 0.5) is 0 Å². The van der Waals surface area contributed by atoms with Crippen LogP contribution in [0.15, 0.2) is 24.3 Å². The van der Waals surface area contributed by atoms with Crippen molar-refractivity contribution < 1.29 is 56.9 Å². The molecule has 2 heterocycles. The van der Waals surface area contributed by atoms with Gasteiger partial charge in [0, 0.05) is 7.11 Å². The fourth-order valence-electron chi connectivity index (χ4n) is 3.79. The zero-order chi connectivity index (χ0) is 26.3. The van der Waals surface area contributed by atoms with Crippen LogP contribution in [0.2, 0.25) is 0 Å². The van der Waals surface area contributed by atoms with Gasteiger partial charge >= 0.3 is 0 Å². The molecule has 3 rings (SSSR count). The van der Waals surface area contributed by atoms with Gasteiger partial charge in [-0.15, -0.1) is 0 Å². The largest absolute Gasteiger partial charge is 0.354 e. The van der Waals surface area contributed by atoms with E-state index >= 15 is 0 Å². The maximum atomic E-state index is 13.1. The molecule has 0 bridgehead atoms. The van der Waals surface area contributed by atoms with Crippen molar-refractivity contribution in [1.82, 2.24) is 4.90 Å².